The molecule has 0 aromatic carbocycles. The lowest BCUT2D eigenvalue weighted by molar-refractivity contribution is 0.185. The summed E-state index contributed by atoms with van der Waals surface area (Å²) in [6.07, 6.45) is 2.61. The van der Waals surface area contributed by atoms with Crippen LogP contribution in [0.3, 0.4) is 0 Å². The van der Waals surface area contributed by atoms with Crippen LogP contribution in [-0.2, 0) is 0 Å². The highest BCUT2D eigenvalue weighted by atomic mass is 16.3. The third kappa shape index (κ3) is 3.61. The third-order valence-electron chi connectivity index (χ3n) is 4.53. The molecule has 19 heavy (non-hydrogen) atoms. The van der Waals surface area contributed by atoms with E-state index in [2.05, 4.69) is 44.1 Å². The standard InChI is InChI=1S/C16H28N2O/c1-11-10-16(14(4)19-11)13(3)17-12(2)15-6-8-18(5)9-7-15/h10,12-13,15,17H,6-9H2,1-5H3. The number of nitrogens with one attached hydrogen (secondary N) is 1. The maximum Gasteiger partial charge on any atom is 0.105 e. The molecular formula is C16H28N2O. The molecule has 0 amide bonds. The predicted molar refractivity (Wildman–Crippen MR) is 79.4 cm³/mol. The number of rotatable bonds is 4. The van der Waals surface area contributed by atoms with Crippen molar-refractivity contribution in [1.29, 1.82) is 0 Å². The Kier molecular flexibility index (Phi) is 4.69. The smallest absolute Gasteiger partial charge is 0.105 e. The van der Waals surface area contributed by atoms with Crippen LogP contribution in [0.4, 0.5) is 0 Å². The van der Waals surface area contributed by atoms with Crippen LogP contribution in [0.15, 0.2) is 10.5 Å². The Morgan fingerprint density at radius 1 is 1.26 bits per heavy atom. The van der Waals surface area contributed by atoms with Crippen molar-refractivity contribution in [3.63, 3.8) is 0 Å². The molecule has 2 unspecified atom stereocenters. The van der Waals surface area contributed by atoms with Crippen molar-refractivity contribution in [2.75, 3.05) is 20.1 Å². The summed E-state index contributed by atoms with van der Waals surface area (Å²) in [5.41, 5.74) is 1.30. The van der Waals surface area contributed by atoms with E-state index in [1.54, 1.807) is 0 Å². The van der Waals surface area contributed by atoms with Crippen molar-refractivity contribution in [3.8, 4) is 0 Å². The second-order valence-corrected chi connectivity index (χ2v) is 6.19. The maximum atomic E-state index is 5.63. The van der Waals surface area contributed by atoms with Gasteiger partial charge in [-0.3, -0.25) is 0 Å². The molecule has 1 aromatic rings. The van der Waals surface area contributed by atoms with Crippen LogP contribution in [0.1, 0.15) is 49.8 Å². The van der Waals surface area contributed by atoms with E-state index in [9.17, 15) is 0 Å². The van der Waals surface area contributed by atoms with E-state index in [-0.39, 0.29) is 0 Å². The SMILES string of the molecule is Cc1cc(C(C)NC(C)C2CCN(C)CC2)c(C)o1. The quantitative estimate of drug-likeness (QED) is 0.904. The fourth-order valence-corrected chi connectivity index (χ4v) is 3.23. The monoisotopic (exact) mass is 264 g/mol. The third-order valence-corrected chi connectivity index (χ3v) is 4.53. The lowest BCUT2D eigenvalue weighted by atomic mass is 9.90. The fourth-order valence-electron chi connectivity index (χ4n) is 3.23. The number of aryl methyl sites for hydroxylation is 2. The van der Waals surface area contributed by atoms with Gasteiger partial charge in [0.2, 0.25) is 0 Å². The Hall–Kier alpha value is -0.800. The van der Waals surface area contributed by atoms with Crippen molar-refractivity contribution in [2.45, 2.75) is 52.6 Å². The first-order chi connectivity index (χ1) is 8.97. The molecule has 2 rings (SSSR count). The molecule has 0 radical (unpaired) electrons. The Bertz CT molecular complexity index is 405. The van der Waals surface area contributed by atoms with E-state index in [4.69, 9.17) is 4.42 Å². The summed E-state index contributed by atoms with van der Waals surface area (Å²) >= 11 is 0. The molecule has 108 valence electrons. The first kappa shape index (κ1) is 14.6. The molecule has 1 aromatic heterocycles. The van der Waals surface area contributed by atoms with Crippen LogP contribution in [-0.4, -0.2) is 31.1 Å². The van der Waals surface area contributed by atoms with E-state index < -0.39 is 0 Å². The van der Waals surface area contributed by atoms with E-state index in [1.807, 2.05) is 6.92 Å². The fraction of sp³-hybridized carbons (Fsp3) is 0.750. The number of furan rings is 1. The van der Waals surface area contributed by atoms with Gasteiger partial charge in [0.15, 0.2) is 0 Å². The van der Waals surface area contributed by atoms with Crippen LogP contribution in [0.5, 0.6) is 0 Å². The minimum atomic E-state index is 0.368. The van der Waals surface area contributed by atoms with E-state index in [0.29, 0.717) is 12.1 Å². The summed E-state index contributed by atoms with van der Waals surface area (Å²) in [5, 5.41) is 3.76. The van der Waals surface area contributed by atoms with Gasteiger partial charge in [-0.15, -0.1) is 0 Å². The van der Waals surface area contributed by atoms with Crippen LogP contribution >= 0.6 is 0 Å². The number of piperidine rings is 1. The molecule has 1 fully saturated rings. The zero-order valence-electron chi connectivity index (χ0n) is 13.0. The molecule has 2 heterocycles. The summed E-state index contributed by atoms with van der Waals surface area (Å²) < 4.78 is 5.63. The summed E-state index contributed by atoms with van der Waals surface area (Å²) in [5.74, 6) is 2.85. The normalized spacial score (nSPS) is 21.5. The predicted octanol–water partition coefficient (Wildman–Crippen LogP) is 3.28. The van der Waals surface area contributed by atoms with Crippen molar-refractivity contribution in [1.82, 2.24) is 10.2 Å². The van der Waals surface area contributed by atoms with Crippen molar-refractivity contribution in [3.05, 3.63) is 23.2 Å². The van der Waals surface area contributed by atoms with Gasteiger partial charge in [-0.2, -0.15) is 0 Å². The van der Waals surface area contributed by atoms with Gasteiger partial charge < -0.3 is 14.6 Å². The molecule has 0 spiro atoms. The largest absolute Gasteiger partial charge is 0.466 e. The highest BCUT2D eigenvalue weighted by Crippen LogP contribution is 2.25. The van der Waals surface area contributed by atoms with Gasteiger partial charge in [0.1, 0.15) is 11.5 Å². The van der Waals surface area contributed by atoms with Crippen LogP contribution < -0.4 is 5.32 Å². The van der Waals surface area contributed by atoms with Gasteiger partial charge in [0.05, 0.1) is 0 Å². The molecular weight excluding hydrogens is 236 g/mol. The van der Waals surface area contributed by atoms with Crippen molar-refractivity contribution in [2.24, 2.45) is 5.92 Å². The van der Waals surface area contributed by atoms with E-state index >= 15 is 0 Å². The molecule has 2 atom stereocenters. The van der Waals surface area contributed by atoms with E-state index in [1.165, 1.54) is 31.5 Å². The molecule has 1 aliphatic heterocycles. The van der Waals surface area contributed by atoms with Gasteiger partial charge in [0, 0.05) is 17.6 Å². The Balaban J connectivity index is 1.91. The van der Waals surface area contributed by atoms with Crippen LogP contribution in [0.25, 0.3) is 0 Å². The second kappa shape index (κ2) is 6.10. The number of hydrogen-bond acceptors (Lipinski definition) is 3. The minimum Gasteiger partial charge on any atom is -0.466 e. The number of likely N-dealkylation sites (tertiary alicyclic amines) is 1. The molecule has 1 aliphatic rings. The van der Waals surface area contributed by atoms with Gasteiger partial charge in [0.25, 0.3) is 0 Å². The highest BCUT2D eigenvalue weighted by molar-refractivity contribution is 5.23. The highest BCUT2D eigenvalue weighted by Gasteiger charge is 2.24. The van der Waals surface area contributed by atoms with Gasteiger partial charge >= 0.3 is 0 Å². The zero-order chi connectivity index (χ0) is 14.0. The summed E-state index contributed by atoms with van der Waals surface area (Å²) in [7, 11) is 2.22. The molecule has 3 heteroatoms. The van der Waals surface area contributed by atoms with Crippen LogP contribution in [0, 0.1) is 19.8 Å². The van der Waals surface area contributed by atoms with Gasteiger partial charge in [-0.1, -0.05) is 0 Å². The lowest BCUT2D eigenvalue weighted by Gasteiger charge is -2.34. The molecule has 1 N–H and O–H groups in total. The van der Waals surface area contributed by atoms with Gasteiger partial charge in [-0.05, 0) is 72.7 Å². The Morgan fingerprint density at radius 3 is 2.42 bits per heavy atom. The summed E-state index contributed by atoms with van der Waals surface area (Å²) in [6, 6.07) is 3.10. The molecule has 1 saturated heterocycles. The number of hydrogen-bond donors (Lipinski definition) is 1. The maximum absolute atomic E-state index is 5.63. The Labute approximate surface area is 117 Å². The molecule has 0 saturated carbocycles. The first-order valence-corrected chi connectivity index (χ1v) is 7.49. The van der Waals surface area contributed by atoms with Crippen LogP contribution in [0.2, 0.25) is 0 Å². The molecule has 0 bridgehead atoms. The van der Waals surface area contributed by atoms with Crippen molar-refractivity contribution < 1.29 is 4.42 Å². The summed E-state index contributed by atoms with van der Waals surface area (Å²) in [6.45, 7) is 11.1. The average molecular weight is 264 g/mol. The Morgan fingerprint density at radius 2 is 1.89 bits per heavy atom. The number of nitrogens with zero attached hydrogens (tertiary/aromatic N) is 1. The zero-order valence-corrected chi connectivity index (χ0v) is 13.0. The molecule has 3 nitrogen and oxygen atoms in total. The van der Waals surface area contributed by atoms with Crippen molar-refractivity contribution >= 4 is 0 Å². The average Bonchev–Trinajstić information content (AvgIpc) is 2.69. The topological polar surface area (TPSA) is 28.4 Å². The van der Waals surface area contributed by atoms with E-state index in [0.717, 1.165) is 17.4 Å². The molecule has 0 aliphatic carbocycles. The second-order valence-electron chi connectivity index (χ2n) is 6.19. The lowest BCUT2D eigenvalue weighted by Crippen LogP contribution is -2.41. The van der Waals surface area contributed by atoms with Gasteiger partial charge in [-0.25, -0.2) is 0 Å². The first-order valence-electron chi connectivity index (χ1n) is 7.49. The minimum absolute atomic E-state index is 0.368. The summed E-state index contributed by atoms with van der Waals surface area (Å²) in [4.78, 5) is 2.43.